The van der Waals surface area contributed by atoms with Gasteiger partial charge in [0.05, 0.1) is 0 Å². The van der Waals surface area contributed by atoms with E-state index in [1.165, 1.54) is 12.8 Å². The Hall–Kier alpha value is 0. The minimum atomic E-state index is 0.753. The molecule has 0 radical (unpaired) electrons. The second kappa shape index (κ2) is 2.75. The van der Waals surface area contributed by atoms with Crippen LogP contribution in [0.25, 0.3) is 0 Å². The average Bonchev–Trinajstić information content (AvgIpc) is 2.62. The normalized spacial score (nSPS) is 46.0. The van der Waals surface area contributed by atoms with Gasteiger partial charge in [-0.1, -0.05) is 27.2 Å². The largest absolute Gasteiger partial charge is 0.0648 e. The van der Waals surface area contributed by atoms with Crippen molar-refractivity contribution in [3.8, 4) is 0 Å². The first-order valence-electron chi connectivity index (χ1n) is 5.69. The lowest BCUT2D eigenvalue weighted by atomic mass is 9.64. The van der Waals surface area contributed by atoms with Gasteiger partial charge in [-0.3, -0.25) is 0 Å². The quantitative estimate of drug-likeness (QED) is 0.584. The van der Waals surface area contributed by atoms with Crippen LogP contribution in [0, 0.1) is 23.2 Å². The van der Waals surface area contributed by atoms with Crippen LogP contribution in [0.3, 0.4) is 0 Å². The van der Waals surface area contributed by atoms with Crippen LogP contribution in [0.2, 0.25) is 0 Å². The van der Waals surface area contributed by atoms with Gasteiger partial charge in [-0.2, -0.15) is 0 Å². The molecule has 2 bridgehead atoms. The lowest BCUT2D eigenvalue weighted by Crippen LogP contribution is -2.32. The van der Waals surface area contributed by atoms with Gasteiger partial charge in [0.2, 0.25) is 0 Å². The van der Waals surface area contributed by atoms with Crippen LogP contribution < -0.4 is 0 Å². The molecule has 2 rings (SSSR count). The highest BCUT2D eigenvalue weighted by Crippen LogP contribution is 2.60. The van der Waals surface area contributed by atoms with Crippen LogP contribution in [-0.2, 0) is 0 Å². The molecule has 2 aliphatic carbocycles. The maximum Gasteiger partial charge on any atom is -0.0246 e. The summed E-state index contributed by atoms with van der Waals surface area (Å²) < 4.78 is 0. The zero-order chi connectivity index (χ0) is 8.77. The van der Waals surface area contributed by atoms with Gasteiger partial charge in [0, 0.05) is 0 Å². The summed E-state index contributed by atoms with van der Waals surface area (Å²) in [7, 11) is 0. The third-order valence-electron chi connectivity index (χ3n) is 4.83. The molecule has 0 aromatic carbocycles. The summed E-state index contributed by atoms with van der Waals surface area (Å²) in [6.45, 7) is 7.27. The summed E-state index contributed by atoms with van der Waals surface area (Å²) in [6.07, 6.45) is 7.61. The molecule has 0 nitrogen and oxygen atoms in total. The second-order valence-electron chi connectivity index (χ2n) is 5.32. The molecule has 2 aliphatic rings. The summed E-state index contributed by atoms with van der Waals surface area (Å²) in [5, 5.41) is 0. The molecule has 2 saturated carbocycles. The zero-order valence-electron chi connectivity index (χ0n) is 8.77. The Balaban J connectivity index is 2.19. The predicted molar refractivity (Wildman–Crippen MR) is 53.0 cm³/mol. The van der Waals surface area contributed by atoms with Crippen LogP contribution in [0.4, 0.5) is 0 Å². The van der Waals surface area contributed by atoms with Gasteiger partial charge in [-0.05, 0) is 48.9 Å². The van der Waals surface area contributed by atoms with Crippen LogP contribution in [0.15, 0.2) is 0 Å². The molecule has 0 aromatic heterocycles. The number of rotatable bonds is 2. The molecule has 0 saturated heterocycles. The van der Waals surface area contributed by atoms with Crippen molar-refractivity contribution >= 4 is 0 Å². The third kappa shape index (κ3) is 0.963. The minimum Gasteiger partial charge on any atom is -0.0648 e. The Morgan fingerprint density at radius 3 is 2.33 bits per heavy atom. The van der Waals surface area contributed by atoms with Crippen LogP contribution in [0.5, 0.6) is 0 Å². The molecule has 3 atom stereocenters. The molecule has 12 heavy (non-hydrogen) atoms. The highest BCUT2D eigenvalue weighted by atomic mass is 14.6. The van der Waals surface area contributed by atoms with Gasteiger partial charge >= 0.3 is 0 Å². The van der Waals surface area contributed by atoms with E-state index in [1.54, 1.807) is 19.3 Å². The fraction of sp³-hybridized carbons (Fsp3) is 1.00. The maximum absolute atomic E-state index is 2.43. The van der Waals surface area contributed by atoms with Crippen molar-refractivity contribution in [3.63, 3.8) is 0 Å². The lowest BCUT2D eigenvalue weighted by Gasteiger charge is -2.41. The van der Waals surface area contributed by atoms with Crippen molar-refractivity contribution in [2.24, 2.45) is 23.2 Å². The molecule has 0 aliphatic heterocycles. The molecule has 3 unspecified atom stereocenters. The lowest BCUT2D eigenvalue weighted by molar-refractivity contribution is 0.0893. The van der Waals surface area contributed by atoms with E-state index < -0.39 is 0 Å². The van der Waals surface area contributed by atoms with E-state index in [-0.39, 0.29) is 0 Å². The first kappa shape index (κ1) is 8.59. The van der Waals surface area contributed by atoms with E-state index in [2.05, 4.69) is 20.8 Å². The Morgan fingerprint density at radius 2 is 2.08 bits per heavy atom. The molecular formula is C12H22. The molecule has 0 N–H and O–H groups in total. The maximum atomic E-state index is 2.43. The smallest absolute Gasteiger partial charge is 0.0246 e. The third-order valence-corrected chi connectivity index (χ3v) is 4.83. The number of hydrogen-bond donors (Lipinski definition) is 0. The summed E-state index contributed by atoms with van der Waals surface area (Å²) in [4.78, 5) is 0. The van der Waals surface area contributed by atoms with Crippen LogP contribution >= 0.6 is 0 Å². The van der Waals surface area contributed by atoms with Crippen LogP contribution in [0.1, 0.15) is 52.9 Å². The highest BCUT2D eigenvalue weighted by Gasteiger charge is 2.50. The van der Waals surface area contributed by atoms with Crippen molar-refractivity contribution in [2.45, 2.75) is 52.9 Å². The van der Waals surface area contributed by atoms with Crippen LogP contribution in [-0.4, -0.2) is 0 Å². The number of fused-ring (bicyclic) bond motifs is 2. The Labute approximate surface area is 76.7 Å². The van der Waals surface area contributed by atoms with Gasteiger partial charge in [-0.15, -0.1) is 0 Å². The fourth-order valence-corrected chi connectivity index (χ4v) is 4.04. The van der Waals surface area contributed by atoms with E-state index in [0.717, 1.165) is 23.2 Å². The predicted octanol–water partition coefficient (Wildman–Crippen LogP) is 3.86. The van der Waals surface area contributed by atoms with Gasteiger partial charge in [0.1, 0.15) is 0 Å². The topological polar surface area (TPSA) is 0 Å². The molecule has 0 aromatic rings. The van der Waals surface area contributed by atoms with Crippen molar-refractivity contribution in [1.82, 2.24) is 0 Å². The van der Waals surface area contributed by atoms with Gasteiger partial charge in [-0.25, -0.2) is 0 Å². The van der Waals surface area contributed by atoms with E-state index in [1.807, 2.05) is 0 Å². The van der Waals surface area contributed by atoms with Crippen molar-refractivity contribution in [3.05, 3.63) is 0 Å². The summed E-state index contributed by atoms with van der Waals surface area (Å²) >= 11 is 0. The van der Waals surface area contributed by atoms with E-state index in [4.69, 9.17) is 0 Å². The summed E-state index contributed by atoms with van der Waals surface area (Å²) in [5.74, 6) is 3.11. The summed E-state index contributed by atoms with van der Waals surface area (Å²) in [5.41, 5.74) is 0.753. The first-order chi connectivity index (χ1) is 5.69. The van der Waals surface area contributed by atoms with Crippen molar-refractivity contribution in [2.75, 3.05) is 0 Å². The van der Waals surface area contributed by atoms with E-state index >= 15 is 0 Å². The SMILES string of the molecule is CCC1(C(C)C)CC2CCC1C2. The second-order valence-corrected chi connectivity index (χ2v) is 5.32. The minimum absolute atomic E-state index is 0.753. The summed E-state index contributed by atoms with van der Waals surface area (Å²) in [6, 6.07) is 0. The van der Waals surface area contributed by atoms with E-state index in [9.17, 15) is 0 Å². The molecule has 70 valence electrons. The zero-order valence-corrected chi connectivity index (χ0v) is 8.77. The highest BCUT2D eigenvalue weighted by molar-refractivity contribution is 5.00. The average molecular weight is 166 g/mol. The van der Waals surface area contributed by atoms with E-state index in [0.29, 0.717) is 0 Å². The van der Waals surface area contributed by atoms with Crippen molar-refractivity contribution < 1.29 is 0 Å². The Morgan fingerprint density at radius 1 is 1.33 bits per heavy atom. The van der Waals surface area contributed by atoms with Gasteiger partial charge < -0.3 is 0 Å². The molecule has 0 heteroatoms. The fourth-order valence-electron chi connectivity index (χ4n) is 4.04. The van der Waals surface area contributed by atoms with Crippen molar-refractivity contribution in [1.29, 1.82) is 0 Å². The Kier molecular flexibility index (Phi) is 1.97. The number of hydrogen-bond acceptors (Lipinski definition) is 0. The Bertz CT molecular complexity index is 171. The van der Waals surface area contributed by atoms with Gasteiger partial charge in [0.25, 0.3) is 0 Å². The molecule has 0 heterocycles. The molecular weight excluding hydrogens is 144 g/mol. The molecule has 0 amide bonds. The molecule has 2 fully saturated rings. The monoisotopic (exact) mass is 166 g/mol. The molecule has 0 spiro atoms. The first-order valence-corrected chi connectivity index (χ1v) is 5.69. The standard InChI is InChI=1S/C12H22/c1-4-12(9(2)3)8-10-5-6-11(12)7-10/h9-11H,4-8H2,1-3H3. The van der Waals surface area contributed by atoms with Gasteiger partial charge in [0.15, 0.2) is 0 Å².